The highest BCUT2D eigenvalue weighted by Gasteiger charge is 2.34. The van der Waals surface area contributed by atoms with Gasteiger partial charge in [-0.25, -0.2) is 0 Å². The van der Waals surface area contributed by atoms with E-state index in [0.717, 1.165) is 0 Å². The molecule has 70 valence electrons. The molecule has 2 nitrogen and oxygen atoms in total. The predicted octanol–water partition coefficient (Wildman–Crippen LogP) is 2.78. The maximum Gasteiger partial charge on any atom is 0.185 e. The fraction of sp³-hybridized carbons (Fsp3) is 0.889. The Morgan fingerprint density at radius 3 is 1.83 bits per heavy atom. The second kappa shape index (κ2) is 3.59. The molecule has 0 radical (unpaired) electrons. The molecule has 0 saturated carbocycles. The molecule has 0 N–H and O–H groups in total. The van der Waals surface area contributed by atoms with Crippen molar-refractivity contribution in [1.29, 1.82) is 5.26 Å². The molecule has 3 heteroatoms. The minimum Gasteiger partial charge on any atom is -0.400 e. The molecule has 0 amide bonds. The normalized spacial score (nSPS) is 17.2. The Kier molecular flexibility index (Phi) is 3.49. The van der Waals surface area contributed by atoms with Crippen LogP contribution in [0.15, 0.2) is 0 Å². The third kappa shape index (κ3) is 3.38. The Bertz CT molecular complexity index is 190. The Morgan fingerprint density at radius 1 is 1.33 bits per heavy atom. The zero-order chi connectivity index (χ0) is 9.99. The number of hydrogen-bond acceptors (Lipinski definition) is 2. The molecule has 0 heterocycles. The minimum atomic E-state index is -1.60. The lowest BCUT2D eigenvalue weighted by Gasteiger charge is -2.33. The molecule has 0 spiro atoms. The second-order valence-electron chi connectivity index (χ2n) is 4.59. The van der Waals surface area contributed by atoms with E-state index in [1.54, 1.807) is 0 Å². The van der Waals surface area contributed by atoms with Gasteiger partial charge in [0, 0.05) is 0 Å². The third-order valence-electron chi connectivity index (χ3n) is 1.84. The molecule has 0 bridgehead atoms. The molecule has 0 aromatic carbocycles. The summed E-state index contributed by atoms with van der Waals surface area (Å²) >= 11 is 0. The van der Waals surface area contributed by atoms with Gasteiger partial charge in [-0.15, -0.1) is 0 Å². The first-order valence-electron chi connectivity index (χ1n) is 4.33. The van der Waals surface area contributed by atoms with E-state index in [0.29, 0.717) is 0 Å². The average molecular weight is 185 g/mol. The van der Waals surface area contributed by atoms with Gasteiger partial charge in [0.2, 0.25) is 0 Å². The lowest BCUT2D eigenvalue weighted by atomic mass is 9.95. The number of rotatable bonds is 3. The summed E-state index contributed by atoms with van der Waals surface area (Å²) in [5.41, 5.74) is -0.607. The molecule has 1 atom stereocenters. The third-order valence-corrected chi connectivity index (χ3v) is 2.88. The molecular weight excluding hydrogens is 166 g/mol. The maximum absolute atomic E-state index is 8.97. The molecule has 0 aliphatic rings. The van der Waals surface area contributed by atoms with Crippen molar-refractivity contribution in [2.24, 2.45) is 5.92 Å². The maximum atomic E-state index is 8.97. The van der Waals surface area contributed by atoms with Crippen molar-refractivity contribution >= 4 is 8.32 Å². The van der Waals surface area contributed by atoms with E-state index >= 15 is 0 Å². The van der Waals surface area contributed by atoms with Crippen molar-refractivity contribution in [2.45, 2.75) is 46.0 Å². The van der Waals surface area contributed by atoms with Gasteiger partial charge in [0.05, 0.1) is 6.07 Å². The highest BCUT2D eigenvalue weighted by atomic mass is 28.4. The van der Waals surface area contributed by atoms with E-state index in [9.17, 15) is 0 Å². The summed E-state index contributed by atoms with van der Waals surface area (Å²) in [7, 11) is -1.60. The lowest BCUT2D eigenvalue weighted by Crippen LogP contribution is -2.43. The van der Waals surface area contributed by atoms with Crippen molar-refractivity contribution in [3.05, 3.63) is 0 Å². The monoisotopic (exact) mass is 185 g/mol. The first kappa shape index (κ1) is 11.7. The van der Waals surface area contributed by atoms with Gasteiger partial charge in [0.1, 0.15) is 5.60 Å². The van der Waals surface area contributed by atoms with E-state index in [2.05, 4.69) is 25.7 Å². The number of nitrogens with zero attached hydrogens (tertiary/aromatic N) is 1. The van der Waals surface area contributed by atoms with Gasteiger partial charge in [-0.3, -0.25) is 0 Å². The highest BCUT2D eigenvalue weighted by molar-refractivity contribution is 6.69. The van der Waals surface area contributed by atoms with Crippen molar-refractivity contribution < 1.29 is 4.43 Å². The summed E-state index contributed by atoms with van der Waals surface area (Å²) < 4.78 is 5.81. The summed E-state index contributed by atoms with van der Waals surface area (Å²) in [5.74, 6) is 0.245. The van der Waals surface area contributed by atoms with Crippen LogP contribution in [0, 0.1) is 17.2 Å². The minimum absolute atomic E-state index is 0.245. The van der Waals surface area contributed by atoms with E-state index in [1.165, 1.54) is 0 Å². The van der Waals surface area contributed by atoms with Crippen LogP contribution in [0.2, 0.25) is 19.6 Å². The molecule has 12 heavy (non-hydrogen) atoms. The van der Waals surface area contributed by atoms with Crippen LogP contribution in [-0.2, 0) is 4.43 Å². The topological polar surface area (TPSA) is 33.0 Å². The van der Waals surface area contributed by atoms with Crippen molar-refractivity contribution in [3.8, 4) is 6.07 Å². The quantitative estimate of drug-likeness (QED) is 0.633. The van der Waals surface area contributed by atoms with Crippen molar-refractivity contribution in [2.75, 3.05) is 0 Å². The van der Waals surface area contributed by atoms with Gasteiger partial charge in [0.25, 0.3) is 0 Å². The smallest absolute Gasteiger partial charge is 0.185 e. The van der Waals surface area contributed by atoms with E-state index < -0.39 is 13.9 Å². The SMILES string of the molecule is CC(C)C(C)(C#N)O[Si](C)(C)C. The summed E-state index contributed by atoms with van der Waals surface area (Å²) in [6.07, 6.45) is 0. The van der Waals surface area contributed by atoms with Gasteiger partial charge in [-0.05, 0) is 32.5 Å². The zero-order valence-corrected chi connectivity index (χ0v) is 9.93. The first-order chi connectivity index (χ1) is 5.21. The predicted molar refractivity (Wildman–Crippen MR) is 53.3 cm³/mol. The summed E-state index contributed by atoms with van der Waals surface area (Å²) in [5, 5.41) is 8.97. The molecule has 0 fully saturated rings. The van der Waals surface area contributed by atoms with Crippen molar-refractivity contribution in [3.63, 3.8) is 0 Å². The molecule has 0 aliphatic carbocycles. The molecule has 0 rings (SSSR count). The van der Waals surface area contributed by atoms with Gasteiger partial charge >= 0.3 is 0 Å². The van der Waals surface area contributed by atoms with Crippen molar-refractivity contribution in [1.82, 2.24) is 0 Å². The van der Waals surface area contributed by atoms with Gasteiger partial charge in [-0.1, -0.05) is 13.8 Å². The Hall–Kier alpha value is -0.333. The lowest BCUT2D eigenvalue weighted by molar-refractivity contribution is 0.0898. The molecule has 0 aliphatic heterocycles. The molecule has 0 aromatic heterocycles. The van der Waals surface area contributed by atoms with Gasteiger partial charge in [-0.2, -0.15) is 5.26 Å². The van der Waals surface area contributed by atoms with Crippen LogP contribution in [-0.4, -0.2) is 13.9 Å². The van der Waals surface area contributed by atoms with Gasteiger partial charge in [0.15, 0.2) is 8.32 Å². The van der Waals surface area contributed by atoms with Crippen LogP contribution in [0.25, 0.3) is 0 Å². The van der Waals surface area contributed by atoms with Crippen LogP contribution in [0.3, 0.4) is 0 Å². The van der Waals surface area contributed by atoms with Crippen LogP contribution in [0.5, 0.6) is 0 Å². The van der Waals surface area contributed by atoms with E-state index in [-0.39, 0.29) is 5.92 Å². The zero-order valence-electron chi connectivity index (χ0n) is 8.93. The van der Waals surface area contributed by atoms with Crippen LogP contribution >= 0.6 is 0 Å². The van der Waals surface area contributed by atoms with Crippen LogP contribution in [0.1, 0.15) is 20.8 Å². The van der Waals surface area contributed by atoms with Crippen LogP contribution in [0.4, 0.5) is 0 Å². The Labute approximate surface area is 76.7 Å². The summed E-state index contributed by atoms with van der Waals surface area (Å²) in [4.78, 5) is 0. The largest absolute Gasteiger partial charge is 0.400 e. The van der Waals surface area contributed by atoms with E-state index in [4.69, 9.17) is 9.69 Å². The summed E-state index contributed by atoms with van der Waals surface area (Å²) in [6, 6.07) is 2.25. The Balaban J connectivity index is 4.49. The second-order valence-corrected chi connectivity index (χ2v) is 9.02. The number of hydrogen-bond donors (Lipinski definition) is 0. The fourth-order valence-electron chi connectivity index (χ4n) is 0.906. The standard InChI is InChI=1S/C9H19NOSi/c1-8(2)9(3,7-10)11-12(4,5)6/h8H,1-6H3. The average Bonchev–Trinajstić information content (AvgIpc) is 1.83. The molecular formula is C9H19NOSi. The molecule has 1 unspecified atom stereocenters. The molecule has 0 saturated heterocycles. The first-order valence-corrected chi connectivity index (χ1v) is 7.73. The van der Waals surface area contributed by atoms with E-state index in [1.807, 2.05) is 20.8 Å². The van der Waals surface area contributed by atoms with Crippen LogP contribution < -0.4 is 0 Å². The fourth-order valence-corrected chi connectivity index (χ4v) is 2.46. The molecule has 0 aromatic rings. The number of nitriles is 1. The Morgan fingerprint density at radius 2 is 1.75 bits per heavy atom. The summed E-state index contributed by atoms with van der Waals surface area (Å²) in [6.45, 7) is 12.2. The highest BCUT2D eigenvalue weighted by Crippen LogP contribution is 2.24. The van der Waals surface area contributed by atoms with Gasteiger partial charge < -0.3 is 4.43 Å².